The second-order valence-electron chi connectivity index (χ2n) is 4.16. The summed E-state index contributed by atoms with van der Waals surface area (Å²) in [6.07, 6.45) is 1.27. The van der Waals surface area contributed by atoms with E-state index in [9.17, 15) is 0 Å². The molecule has 17 heavy (non-hydrogen) atoms. The van der Waals surface area contributed by atoms with Crippen molar-refractivity contribution in [3.05, 3.63) is 23.8 Å². The zero-order valence-corrected chi connectivity index (χ0v) is 11.2. The van der Waals surface area contributed by atoms with E-state index in [0.29, 0.717) is 6.04 Å². The maximum absolute atomic E-state index is 5.26. The highest BCUT2D eigenvalue weighted by Crippen LogP contribution is 2.23. The van der Waals surface area contributed by atoms with Crippen molar-refractivity contribution < 1.29 is 9.47 Å². The molecule has 2 rings (SSSR count). The highest BCUT2D eigenvalue weighted by atomic mass is 32.2. The fourth-order valence-corrected chi connectivity index (χ4v) is 3.11. The third-order valence-corrected chi connectivity index (χ3v) is 4.10. The van der Waals surface area contributed by atoms with Crippen LogP contribution in [0.25, 0.3) is 0 Å². The first-order valence-electron chi connectivity index (χ1n) is 5.85. The fourth-order valence-electron chi connectivity index (χ4n) is 1.93. The lowest BCUT2D eigenvalue weighted by Gasteiger charge is -2.13. The molecule has 1 aromatic rings. The van der Waals surface area contributed by atoms with Gasteiger partial charge in [0.2, 0.25) is 0 Å². The van der Waals surface area contributed by atoms with Gasteiger partial charge in [0.1, 0.15) is 11.5 Å². The first-order valence-corrected chi connectivity index (χ1v) is 7.00. The summed E-state index contributed by atoms with van der Waals surface area (Å²) in [5.41, 5.74) is 1.21. The minimum absolute atomic E-state index is 0.650. The van der Waals surface area contributed by atoms with Gasteiger partial charge in [-0.15, -0.1) is 0 Å². The van der Waals surface area contributed by atoms with Crippen LogP contribution in [-0.4, -0.2) is 31.8 Å². The van der Waals surface area contributed by atoms with E-state index in [1.807, 2.05) is 17.8 Å². The molecular weight excluding hydrogens is 234 g/mol. The quantitative estimate of drug-likeness (QED) is 0.872. The summed E-state index contributed by atoms with van der Waals surface area (Å²) < 4.78 is 10.5. The summed E-state index contributed by atoms with van der Waals surface area (Å²) in [5.74, 6) is 4.20. The smallest absolute Gasteiger partial charge is 0.122 e. The van der Waals surface area contributed by atoms with Crippen molar-refractivity contribution in [1.29, 1.82) is 0 Å². The molecule has 4 heteroatoms. The van der Waals surface area contributed by atoms with Crippen LogP contribution in [0.5, 0.6) is 11.5 Å². The van der Waals surface area contributed by atoms with Crippen molar-refractivity contribution in [3.8, 4) is 11.5 Å². The Morgan fingerprint density at radius 2 is 1.94 bits per heavy atom. The van der Waals surface area contributed by atoms with Gasteiger partial charge in [-0.2, -0.15) is 11.8 Å². The average molecular weight is 253 g/mol. The number of benzene rings is 1. The molecule has 1 aliphatic heterocycles. The van der Waals surface area contributed by atoms with E-state index in [1.165, 1.54) is 23.5 Å². The molecule has 1 atom stereocenters. The molecule has 0 aromatic heterocycles. The number of ether oxygens (including phenoxy) is 2. The maximum Gasteiger partial charge on any atom is 0.122 e. The molecule has 1 unspecified atom stereocenters. The molecule has 0 radical (unpaired) electrons. The lowest BCUT2D eigenvalue weighted by atomic mass is 10.1. The second kappa shape index (κ2) is 6.17. The Kier molecular flexibility index (Phi) is 4.57. The lowest BCUT2D eigenvalue weighted by Crippen LogP contribution is -2.27. The van der Waals surface area contributed by atoms with E-state index in [1.54, 1.807) is 14.2 Å². The molecule has 1 fully saturated rings. The standard InChI is InChI=1S/C13H19NO2S/c1-15-12-5-10(6-13(7-12)16-2)8-14-11-3-4-17-9-11/h5-7,11,14H,3-4,8-9H2,1-2H3. The van der Waals surface area contributed by atoms with Crippen LogP contribution in [0.1, 0.15) is 12.0 Å². The van der Waals surface area contributed by atoms with Gasteiger partial charge in [-0.05, 0) is 29.9 Å². The molecule has 0 aliphatic carbocycles. The highest BCUT2D eigenvalue weighted by molar-refractivity contribution is 7.99. The van der Waals surface area contributed by atoms with Crippen LogP contribution in [0.2, 0.25) is 0 Å². The van der Waals surface area contributed by atoms with E-state index in [2.05, 4.69) is 17.4 Å². The molecule has 3 nitrogen and oxygen atoms in total. The molecule has 1 N–H and O–H groups in total. The van der Waals surface area contributed by atoms with Gasteiger partial charge in [-0.25, -0.2) is 0 Å². The largest absolute Gasteiger partial charge is 0.497 e. The summed E-state index contributed by atoms with van der Waals surface area (Å²) in [6.45, 7) is 0.874. The Bertz CT molecular complexity index is 342. The molecule has 0 saturated carbocycles. The van der Waals surface area contributed by atoms with Crippen molar-refractivity contribution in [2.24, 2.45) is 0 Å². The van der Waals surface area contributed by atoms with Crippen LogP contribution in [0.3, 0.4) is 0 Å². The summed E-state index contributed by atoms with van der Waals surface area (Å²) in [5, 5.41) is 3.57. The van der Waals surface area contributed by atoms with E-state index < -0.39 is 0 Å². The molecule has 1 aromatic carbocycles. The van der Waals surface area contributed by atoms with Crippen molar-refractivity contribution in [1.82, 2.24) is 5.32 Å². The number of hydrogen-bond donors (Lipinski definition) is 1. The Morgan fingerprint density at radius 1 is 1.24 bits per heavy atom. The maximum atomic E-state index is 5.26. The van der Waals surface area contributed by atoms with Crippen LogP contribution < -0.4 is 14.8 Å². The Balaban J connectivity index is 1.98. The highest BCUT2D eigenvalue weighted by Gasteiger charge is 2.14. The Hall–Kier alpha value is -0.870. The van der Waals surface area contributed by atoms with Gasteiger partial charge in [0.15, 0.2) is 0 Å². The third kappa shape index (κ3) is 3.54. The molecule has 0 spiro atoms. The van der Waals surface area contributed by atoms with Crippen LogP contribution >= 0.6 is 11.8 Å². The SMILES string of the molecule is COc1cc(CNC2CCSC2)cc(OC)c1. The minimum atomic E-state index is 0.650. The average Bonchev–Trinajstić information content (AvgIpc) is 2.89. The van der Waals surface area contributed by atoms with Crippen LogP contribution in [0.15, 0.2) is 18.2 Å². The topological polar surface area (TPSA) is 30.5 Å². The van der Waals surface area contributed by atoms with Crippen molar-refractivity contribution >= 4 is 11.8 Å². The zero-order chi connectivity index (χ0) is 12.1. The number of nitrogens with one attached hydrogen (secondary N) is 1. The van der Waals surface area contributed by atoms with Crippen molar-refractivity contribution in [3.63, 3.8) is 0 Å². The lowest BCUT2D eigenvalue weighted by molar-refractivity contribution is 0.392. The van der Waals surface area contributed by atoms with Crippen LogP contribution in [-0.2, 0) is 6.54 Å². The predicted molar refractivity (Wildman–Crippen MR) is 72.1 cm³/mol. The van der Waals surface area contributed by atoms with Gasteiger partial charge < -0.3 is 14.8 Å². The van der Waals surface area contributed by atoms with Crippen LogP contribution in [0, 0.1) is 0 Å². The summed E-state index contributed by atoms with van der Waals surface area (Å²) in [7, 11) is 3.36. The molecule has 1 saturated heterocycles. The fraction of sp³-hybridized carbons (Fsp3) is 0.538. The number of thioether (sulfide) groups is 1. The Morgan fingerprint density at radius 3 is 2.47 bits per heavy atom. The molecule has 1 heterocycles. The van der Waals surface area contributed by atoms with Crippen LogP contribution in [0.4, 0.5) is 0 Å². The van der Waals surface area contributed by atoms with Gasteiger partial charge in [-0.3, -0.25) is 0 Å². The Labute approximate surface area is 107 Å². The first-order chi connectivity index (χ1) is 8.31. The van der Waals surface area contributed by atoms with Gasteiger partial charge in [-0.1, -0.05) is 0 Å². The number of rotatable bonds is 5. The predicted octanol–water partition coefficient (Wildman–Crippen LogP) is 2.30. The van der Waals surface area contributed by atoms with Crippen molar-refractivity contribution in [2.45, 2.75) is 19.0 Å². The van der Waals surface area contributed by atoms with E-state index >= 15 is 0 Å². The molecule has 0 amide bonds. The number of methoxy groups -OCH3 is 2. The first kappa shape index (κ1) is 12.6. The number of hydrogen-bond acceptors (Lipinski definition) is 4. The van der Waals surface area contributed by atoms with E-state index in [4.69, 9.17) is 9.47 Å². The van der Waals surface area contributed by atoms with Crippen molar-refractivity contribution in [2.75, 3.05) is 25.7 Å². The second-order valence-corrected chi connectivity index (χ2v) is 5.31. The van der Waals surface area contributed by atoms with Gasteiger partial charge in [0, 0.05) is 24.4 Å². The van der Waals surface area contributed by atoms with Gasteiger partial charge >= 0.3 is 0 Å². The molecular formula is C13H19NO2S. The summed E-state index contributed by atoms with van der Waals surface area (Å²) in [4.78, 5) is 0. The summed E-state index contributed by atoms with van der Waals surface area (Å²) >= 11 is 2.02. The van der Waals surface area contributed by atoms with Gasteiger partial charge in [0.25, 0.3) is 0 Å². The molecule has 1 aliphatic rings. The molecule has 94 valence electrons. The van der Waals surface area contributed by atoms with E-state index in [0.717, 1.165) is 18.0 Å². The van der Waals surface area contributed by atoms with Gasteiger partial charge in [0.05, 0.1) is 14.2 Å². The van der Waals surface area contributed by atoms with E-state index in [-0.39, 0.29) is 0 Å². The summed E-state index contributed by atoms with van der Waals surface area (Å²) in [6, 6.07) is 6.65. The zero-order valence-electron chi connectivity index (χ0n) is 10.4. The third-order valence-electron chi connectivity index (χ3n) is 2.94. The molecule has 0 bridgehead atoms. The monoisotopic (exact) mass is 253 g/mol. The minimum Gasteiger partial charge on any atom is -0.497 e. The normalized spacial score (nSPS) is 19.3.